The minimum Gasteiger partial charge on any atom is -0.455 e. The van der Waals surface area contributed by atoms with Gasteiger partial charge in [0.25, 0.3) is 10.1 Å². The Morgan fingerprint density at radius 2 is 1.57 bits per heavy atom. The molecule has 0 spiro atoms. The zero-order chi connectivity index (χ0) is 17.5. The molecule has 0 aliphatic rings. The second-order valence-corrected chi connectivity index (χ2v) is 6.99. The summed E-state index contributed by atoms with van der Waals surface area (Å²) in [5.74, 6) is -1.73. The maximum Gasteiger partial charge on any atom is 0.450 e. The summed E-state index contributed by atoms with van der Waals surface area (Å²) in [6.07, 6.45) is 3.53. The molecule has 0 saturated heterocycles. The van der Waals surface area contributed by atoms with Crippen LogP contribution in [-0.2, 0) is 22.7 Å². The van der Waals surface area contributed by atoms with E-state index in [9.17, 15) is 21.6 Å². The van der Waals surface area contributed by atoms with Crippen molar-refractivity contribution in [2.45, 2.75) is 75.8 Å². The van der Waals surface area contributed by atoms with Crippen LogP contribution < -0.4 is 0 Å². The summed E-state index contributed by atoms with van der Waals surface area (Å²) in [5.41, 5.74) is 0. The number of hydrogen-bond donors (Lipinski definition) is 1. The Hall–Kier alpha value is -1.02. The van der Waals surface area contributed by atoms with Crippen molar-refractivity contribution in [3.8, 4) is 0 Å². The van der Waals surface area contributed by atoms with Gasteiger partial charge in [0, 0.05) is 12.5 Å². The second-order valence-electron chi connectivity index (χ2n) is 5.60. The molecule has 0 aliphatic carbocycles. The molecule has 0 amide bonds. The molecular formula is C15H23F3O4S. The molecule has 0 fully saturated rings. The number of hydrogen-bond acceptors (Lipinski definition) is 3. The third-order valence-corrected chi connectivity index (χ3v) is 4.42. The number of rotatable bonds is 10. The molecule has 1 aromatic heterocycles. The van der Waals surface area contributed by atoms with Crippen molar-refractivity contribution in [3.05, 3.63) is 17.6 Å². The lowest BCUT2D eigenvalue weighted by atomic mass is 10.1. The van der Waals surface area contributed by atoms with Crippen LogP contribution in [0.25, 0.3) is 0 Å². The van der Waals surface area contributed by atoms with Crippen molar-refractivity contribution in [1.29, 1.82) is 0 Å². The van der Waals surface area contributed by atoms with Crippen LogP contribution in [-0.4, -0.2) is 13.0 Å². The van der Waals surface area contributed by atoms with Gasteiger partial charge in [0.05, 0.1) is 0 Å². The molecule has 1 N–H and O–H groups in total. The minimum absolute atomic E-state index is 0.0732. The maximum atomic E-state index is 12.7. The number of unbranched alkanes of at least 4 members (excludes halogenated alkanes) is 7. The van der Waals surface area contributed by atoms with Crippen LogP contribution in [0, 0.1) is 0 Å². The molecule has 1 aromatic rings. The Labute approximate surface area is 134 Å². The van der Waals surface area contributed by atoms with E-state index in [-0.39, 0.29) is 12.2 Å². The Kier molecular flexibility index (Phi) is 7.60. The number of aryl methyl sites for hydroxylation is 1. The van der Waals surface area contributed by atoms with Gasteiger partial charge in [-0.25, -0.2) is 0 Å². The van der Waals surface area contributed by atoms with Crippen LogP contribution in [0.3, 0.4) is 0 Å². The molecule has 1 heterocycles. The molecule has 0 radical (unpaired) electrons. The summed E-state index contributed by atoms with van der Waals surface area (Å²) >= 11 is 0. The van der Waals surface area contributed by atoms with E-state index in [4.69, 9.17) is 4.55 Å². The molecule has 0 unspecified atom stereocenters. The van der Waals surface area contributed by atoms with Gasteiger partial charge in [-0.05, 0) is 6.42 Å². The van der Waals surface area contributed by atoms with E-state index in [1.807, 2.05) is 0 Å². The van der Waals surface area contributed by atoms with E-state index in [1.165, 1.54) is 19.3 Å². The topological polar surface area (TPSA) is 67.5 Å². The zero-order valence-electron chi connectivity index (χ0n) is 13.2. The highest BCUT2D eigenvalue weighted by molar-refractivity contribution is 7.85. The van der Waals surface area contributed by atoms with E-state index in [0.29, 0.717) is 6.42 Å². The highest BCUT2D eigenvalue weighted by atomic mass is 32.2. The van der Waals surface area contributed by atoms with Crippen molar-refractivity contribution in [3.63, 3.8) is 0 Å². The fourth-order valence-electron chi connectivity index (χ4n) is 2.37. The Morgan fingerprint density at radius 3 is 2.00 bits per heavy atom. The lowest BCUT2D eigenvalue weighted by Crippen LogP contribution is -2.09. The highest BCUT2D eigenvalue weighted by Crippen LogP contribution is 2.36. The first-order valence-electron chi connectivity index (χ1n) is 7.83. The van der Waals surface area contributed by atoms with Crippen LogP contribution in [0.1, 0.15) is 69.8 Å². The highest BCUT2D eigenvalue weighted by Gasteiger charge is 2.41. The largest absolute Gasteiger partial charge is 0.455 e. The van der Waals surface area contributed by atoms with E-state index in [0.717, 1.165) is 31.7 Å². The predicted octanol–water partition coefficient (Wildman–Crippen LogP) is 5.23. The third kappa shape index (κ3) is 6.95. The maximum absolute atomic E-state index is 12.7. The average Bonchev–Trinajstić information content (AvgIpc) is 2.86. The summed E-state index contributed by atoms with van der Waals surface area (Å²) in [6.45, 7) is 2.14. The Balaban J connectivity index is 2.51. The Morgan fingerprint density at radius 1 is 1.04 bits per heavy atom. The van der Waals surface area contributed by atoms with Crippen molar-refractivity contribution in [2.75, 3.05) is 0 Å². The molecule has 0 saturated carbocycles. The molecule has 4 nitrogen and oxygen atoms in total. The van der Waals surface area contributed by atoms with Gasteiger partial charge >= 0.3 is 6.18 Å². The van der Waals surface area contributed by atoms with Crippen molar-refractivity contribution in [1.82, 2.24) is 0 Å². The van der Waals surface area contributed by atoms with Crippen LogP contribution in [0.2, 0.25) is 0 Å². The number of halogens is 3. The lowest BCUT2D eigenvalue weighted by molar-refractivity contribution is -0.156. The summed E-state index contributed by atoms with van der Waals surface area (Å²) in [4.78, 5) is -1.21. The van der Waals surface area contributed by atoms with Gasteiger partial charge in [0.2, 0.25) is 5.76 Å². The van der Waals surface area contributed by atoms with E-state index in [2.05, 4.69) is 11.3 Å². The fraction of sp³-hybridized carbons (Fsp3) is 0.733. The summed E-state index contributed by atoms with van der Waals surface area (Å²) in [6, 6.07) is 0.763. The molecular weight excluding hydrogens is 333 g/mol. The average molecular weight is 356 g/mol. The van der Waals surface area contributed by atoms with Crippen LogP contribution >= 0.6 is 0 Å². The summed E-state index contributed by atoms with van der Waals surface area (Å²) in [7, 11) is -4.96. The van der Waals surface area contributed by atoms with Crippen molar-refractivity contribution >= 4 is 10.1 Å². The first kappa shape index (κ1) is 20.0. The molecule has 0 bridgehead atoms. The quantitative estimate of drug-likeness (QED) is 0.460. The van der Waals surface area contributed by atoms with Gasteiger partial charge in [0.15, 0.2) is 0 Å². The van der Waals surface area contributed by atoms with Gasteiger partial charge in [-0.15, -0.1) is 0 Å². The van der Waals surface area contributed by atoms with E-state index >= 15 is 0 Å². The van der Waals surface area contributed by atoms with Crippen molar-refractivity contribution < 1.29 is 30.6 Å². The van der Waals surface area contributed by atoms with Gasteiger partial charge in [-0.3, -0.25) is 4.55 Å². The van der Waals surface area contributed by atoms with Crippen molar-refractivity contribution in [2.24, 2.45) is 0 Å². The summed E-state index contributed by atoms with van der Waals surface area (Å²) in [5, 5.41) is 0. The molecule has 0 aromatic carbocycles. The predicted molar refractivity (Wildman–Crippen MR) is 79.8 cm³/mol. The van der Waals surface area contributed by atoms with E-state index < -0.39 is 27.0 Å². The molecule has 1 rings (SSSR count). The summed E-state index contributed by atoms with van der Waals surface area (Å²) < 4.78 is 73.6. The lowest BCUT2D eigenvalue weighted by Gasteiger charge is -2.04. The van der Waals surface area contributed by atoms with Crippen LogP contribution in [0.5, 0.6) is 0 Å². The monoisotopic (exact) mass is 356 g/mol. The molecule has 23 heavy (non-hydrogen) atoms. The Bertz CT molecular complexity index is 576. The van der Waals surface area contributed by atoms with Crippen LogP contribution in [0.15, 0.2) is 15.4 Å². The minimum atomic E-state index is -4.96. The van der Waals surface area contributed by atoms with Gasteiger partial charge in [-0.2, -0.15) is 21.6 Å². The van der Waals surface area contributed by atoms with E-state index in [1.54, 1.807) is 0 Å². The number of alkyl halides is 3. The molecule has 134 valence electrons. The van der Waals surface area contributed by atoms with Gasteiger partial charge in [0.1, 0.15) is 10.7 Å². The van der Waals surface area contributed by atoms with Gasteiger partial charge < -0.3 is 4.42 Å². The first-order chi connectivity index (χ1) is 10.7. The molecule has 0 aliphatic heterocycles. The zero-order valence-corrected chi connectivity index (χ0v) is 14.0. The van der Waals surface area contributed by atoms with Crippen LogP contribution in [0.4, 0.5) is 13.2 Å². The smallest absolute Gasteiger partial charge is 0.450 e. The molecule has 8 heteroatoms. The van der Waals surface area contributed by atoms with Gasteiger partial charge in [-0.1, -0.05) is 51.9 Å². The fourth-order valence-corrected chi connectivity index (χ4v) is 3.04. The third-order valence-electron chi connectivity index (χ3n) is 3.56. The standard InChI is InChI=1S/C15H23F3O4S/c1-2-3-4-5-6-7-8-9-10-12-11-13(23(19,20)21)14(22-12)15(16,17)18/h11H,2-10H2,1H3,(H,19,20,21). The SMILES string of the molecule is CCCCCCCCCCc1cc(S(=O)(=O)O)c(C(F)(F)F)o1. The molecule has 0 atom stereocenters. The second kappa shape index (κ2) is 8.73. The number of furan rings is 1. The normalized spacial score (nSPS) is 12.7. The first-order valence-corrected chi connectivity index (χ1v) is 9.27.